The molecule has 5 nitrogen and oxygen atoms in total. The predicted molar refractivity (Wildman–Crippen MR) is 104 cm³/mol. The molecule has 2 aromatic rings. The smallest absolute Gasteiger partial charge is 0.443 e. The molecule has 0 unspecified atom stereocenters. The molecule has 0 aromatic heterocycles. The Morgan fingerprint density at radius 3 is 2.00 bits per heavy atom. The van der Waals surface area contributed by atoms with Gasteiger partial charge in [0.15, 0.2) is 0 Å². The maximum absolute atomic E-state index is 12.5. The number of benzene rings is 2. The number of alkyl halides is 3. The maximum atomic E-state index is 12.5. The second-order valence-corrected chi connectivity index (χ2v) is 7.99. The van der Waals surface area contributed by atoms with Gasteiger partial charge in [-0.2, -0.15) is 0 Å². The normalized spacial score (nSPS) is 17.2. The first kappa shape index (κ1) is 21.7. The lowest BCUT2D eigenvalue weighted by molar-refractivity contribution is -0.274. The number of imide groups is 1. The number of ether oxygens (including phenoxy) is 2. The third-order valence-electron chi connectivity index (χ3n) is 4.52. The van der Waals surface area contributed by atoms with Crippen LogP contribution in [0.4, 0.5) is 18.0 Å². The van der Waals surface area contributed by atoms with Gasteiger partial charge in [0.05, 0.1) is 6.04 Å². The highest BCUT2D eigenvalue weighted by Crippen LogP contribution is 2.35. The molecule has 8 heteroatoms. The zero-order valence-electron chi connectivity index (χ0n) is 16.8. The van der Waals surface area contributed by atoms with Crippen LogP contribution >= 0.6 is 0 Å². The summed E-state index contributed by atoms with van der Waals surface area (Å²) in [5.74, 6) is -0.570. The highest BCUT2D eigenvalue weighted by Gasteiger charge is 2.39. The van der Waals surface area contributed by atoms with Gasteiger partial charge in [-0.05, 0) is 56.0 Å². The van der Waals surface area contributed by atoms with Gasteiger partial charge >= 0.3 is 12.5 Å². The highest BCUT2D eigenvalue weighted by molar-refractivity contribution is 5.94. The van der Waals surface area contributed by atoms with Gasteiger partial charge in [0, 0.05) is 6.42 Å². The van der Waals surface area contributed by atoms with Crippen LogP contribution in [-0.2, 0) is 9.53 Å². The van der Waals surface area contributed by atoms with Crippen molar-refractivity contribution in [3.63, 3.8) is 0 Å². The van der Waals surface area contributed by atoms with Crippen molar-refractivity contribution in [2.24, 2.45) is 0 Å². The molecule has 1 heterocycles. The van der Waals surface area contributed by atoms with Gasteiger partial charge in [0.2, 0.25) is 5.91 Å². The molecule has 160 valence electrons. The fourth-order valence-corrected chi connectivity index (χ4v) is 3.29. The van der Waals surface area contributed by atoms with E-state index >= 15 is 0 Å². The summed E-state index contributed by atoms with van der Waals surface area (Å²) < 4.78 is 46.1. The van der Waals surface area contributed by atoms with E-state index < -0.39 is 24.1 Å². The number of hydrogen-bond acceptors (Lipinski definition) is 4. The second-order valence-electron chi connectivity index (χ2n) is 7.99. The van der Waals surface area contributed by atoms with Crippen LogP contribution in [0.1, 0.15) is 45.2 Å². The van der Waals surface area contributed by atoms with Gasteiger partial charge in [0.1, 0.15) is 11.4 Å². The Kier molecular flexibility index (Phi) is 5.78. The number of likely N-dealkylation sites (tertiary alicyclic amines) is 1. The van der Waals surface area contributed by atoms with Gasteiger partial charge in [-0.1, -0.05) is 36.4 Å². The molecular weight excluding hydrogens is 399 g/mol. The van der Waals surface area contributed by atoms with Crippen LogP contribution in [0.2, 0.25) is 0 Å². The molecule has 1 saturated heterocycles. The summed E-state index contributed by atoms with van der Waals surface area (Å²) in [6, 6.07) is 12.3. The van der Waals surface area contributed by atoms with E-state index in [4.69, 9.17) is 4.74 Å². The highest BCUT2D eigenvalue weighted by atomic mass is 19.4. The zero-order valence-corrected chi connectivity index (χ0v) is 16.8. The maximum Gasteiger partial charge on any atom is 0.573 e. The van der Waals surface area contributed by atoms with Gasteiger partial charge in [0.25, 0.3) is 0 Å². The molecule has 30 heavy (non-hydrogen) atoms. The van der Waals surface area contributed by atoms with E-state index in [0.29, 0.717) is 12.0 Å². The Morgan fingerprint density at radius 1 is 0.967 bits per heavy atom. The molecule has 0 radical (unpaired) electrons. The van der Waals surface area contributed by atoms with Crippen LogP contribution in [0.25, 0.3) is 11.1 Å². The zero-order chi connectivity index (χ0) is 22.1. The van der Waals surface area contributed by atoms with E-state index in [9.17, 15) is 22.8 Å². The second kappa shape index (κ2) is 8.01. The molecule has 0 N–H and O–H groups in total. The summed E-state index contributed by atoms with van der Waals surface area (Å²) in [6.45, 7) is 5.21. The number of rotatable bonds is 3. The van der Waals surface area contributed by atoms with Crippen LogP contribution in [0, 0.1) is 0 Å². The van der Waals surface area contributed by atoms with Crippen molar-refractivity contribution >= 4 is 12.0 Å². The fraction of sp³-hybridized carbons (Fsp3) is 0.364. The molecule has 1 atom stereocenters. The third kappa shape index (κ3) is 5.31. The van der Waals surface area contributed by atoms with Crippen molar-refractivity contribution in [2.75, 3.05) is 0 Å². The first-order chi connectivity index (χ1) is 13.9. The molecule has 1 aliphatic heterocycles. The third-order valence-corrected chi connectivity index (χ3v) is 4.52. The standard InChI is InChI=1S/C22H22F3NO4/c1-21(2,3)30-20(28)26-18(12-13-19(26)27)16-6-4-14(5-7-16)15-8-10-17(11-9-15)29-22(23,24)25/h4-11,18H,12-13H2,1-3H3/t18-/m0/s1. The number of carbonyl (C=O) groups is 2. The van der Waals surface area contributed by atoms with Crippen molar-refractivity contribution in [3.8, 4) is 16.9 Å². The molecule has 1 fully saturated rings. The summed E-state index contributed by atoms with van der Waals surface area (Å²) in [4.78, 5) is 25.9. The van der Waals surface area contributed by atoms with Crippen LogP contribution in [0.5, 0.6) is 5.75 Å². The monoisotopic (exact) mass is 421 g/mol. The minimum atomic E-state index is -4.73. The Balaban J connectivity index is 1.76. The van der Waals surface area contributed by atoms with Crippen LogP contribution < -0.4 is 4.74 Å². The van der Waals surface area contributed by atoms with Crippen molar-refractivity contribution in [2.45, 2.75) is 51.6 Å². The lowest BCUT2D eigenvalue weighted by Gasteiger charge is -2.27. The average Bonchev–Trinajstić information content (AvgIpc) is 3.01. The molecular formula is C22H22F3NO4. The van der Waals surface area contributed by atoms with E-state index in [0.717, 1.165) is 16.0 Å². The van der Waals surface area contributed by atoms with Gasteiger partial charge < -0.3 is 9.47 Å². The lowest BCUT2D eigenvalue weighted by Crippen LogP contribution is -2.38. The number of hydrogen-bond donors (Lipinski definition) is 0. The SMILES string of the molecule is CC(C)(C)OC(=O)N1C(=O)CC[C@H]1c1ccc(-c2ccc(OC(F)(F)F)cc2)cc1. The summed E-state index contributed by atoms with van der Waals surface area (Å²) in [5, 5.41) is 0. The molecule has 2 amide bonds. The van der Waals surface area contributed by atoms with Gasteiger partial charge in [-0.25, -0.2) is 9.69 Å². The minimum Gasteiger partial charge on any atom is -0.443 e. The van der Waals surface area contributed by atoms with E-state index in [1.807, 2.05) is 0 Å². The van der Waals surface area contributed by atoms with Crippen molar-refractivity contribution in [1.82, 2.24) is 4.90 Å². The predicted octanol–water partition coefficient (Wildman–Crippen LogP) is 5.85. The summed E-state index contributed by atoms with van der Waals surface area (Å²) in [5.41, 5.74) is 1.57. The Bertz CT molecular complexity index is 915. The number of carbonyl (C=O) groups excluding carboxylic acids is 2. The molecule has 0 saturated carbocycles. The van der Waals surface area contributed by atoms with Crippen LogP contribution in [0.3, 0.4) is 0 Å². The fourth-order valence-electron chi connectivity index (χ4n) is 3.29. The summed E-state index contributed by atoms with van der Waals surface area (Å²) >= 11 is 0. The van der Waals surface area contributed by atoms with Gasteiger partial charge in [-0.3, -0.25) is 4.79 Å². The first-order valence-electron chi connectivity index (χ1n) is 9.44. The molecule has 0 spiro atoms. The molecule has 1 aliphatic rings. The minimum absolute atomic E-state index is 0.256. The Labute approximate surface area is 172 Å². The molecule has 0 bridgehead atoms. The first-order valence-corrected chi connectivity index (χ1v) is 9.44. The topological polar surface area (TPSA) is 55.8 Å². The largest absolute Gasteiger partial charge is 0.573 e. The quantitative estimate of drug-likeness (QED) is 0.624. The van der Waals surface area contributed by atoms with Crippen LogP contribution in [0.15, 0.2) is 48.5 Å². The number of halogens is 3. The molecule has 0 aliphatic carbocycles. The molecule has 3 rings (SSSR count). The average molecular weight is 421 g/mol. The Morgan fingerprint density at radius 2 is 1.50 bits per heavy atom. The Hall–Kier alpha value is -3.03. The van der Waals surface area contributed by atoms with Crippen LogP contribution in [-0.4, -0.2) is 28.9 Å². The number of amides is 2. The van der Waals surface area contributed by atoms with Crippen molar-refractivity contribution < 1.29 is 32.2 Å². The summed E-state index contributed by atoms with van der Waals surface area (Å²) in [6.07, 6.45) is -4.64. The van der Waals surface area contributed by atoms with Crippen molar-refractivity contribution in [1.29, 1.82) is 0 Å². The van der Waals surface area contributed by atoms with E-state index in [1.54, 1.807) is 45.0 Å². The molecule has 2 aromatic carbocycles. The van der Waals surface area contributed by atoms with Gasteiger partial charge in [-0.15, -0.1) is 13.2 Å². The number of nitrogens with zero attached hydrogens (tertiary/aromatic N) is 1. The van der Waals surface area contributed by atoms with E-state index in [1.165, 1.54) is 24.3 Å². The van der Waals surface area contributed by atoms with Crippen molar-refractivity contribution in [3.05, 3.63) is 54.1 Å². The van der Waals surface area contributed by atoms with E-state index in [-0.39, 0.29) is 18.1 Å². The summed E-state index contributed by atoms with van der Waals surface area (Å²) in [7, 11) is 0. The van der Waals surface area contributed by atoms with E-state index in [2.05, 4.69) is 4.74 Å². The lowest BCUT2D eigenvalue weighted by atomic mass is 9.99.